The summed E-state index contributed by atoms with van der Waals surface area (Å²) in [5, 5.41) is 7.54. The van der Waals surface area contributed by atoms with Gasteiger partial charge in [-0.2, -0.15) is 5.10 Å². The van der Waals surface area contributed by atoms with Gasteiger partial charge in [-0.3, -0.25) is 19.3 Å². The number of fused-ring (bicyclic) bond motifs is 2. The molecule has 0 spiro atoms. The molecule has 0 aliphatic carbocycles. The summed E-state index contributed by atoms with van der Waals surface area (Å²) >= 11 is 0. The summed E-state index contributed by atoms with van der Waals surface area (Å²) in [4.78, 5) is 31.5. The number of aromatic nitrogens is 4. The zero-order valence-corrected chi connectivity index (χ0v) is 15.3. The van der Waals surface area contributed by atoms with Crippen molar-refractivity contribution in [1.82, 2.24) is 24.6 Å². The van der Waals surface area contributed by atoms with Gasteiger partial charge in [0.2, 0.25) is 0 Å². The number of nitrogens with zero attached hydrogens (tertiary/aromatic N) is 4. The first-order valence-electron chi connectivity index (χ1n) is 9.18. The minimum absolute atomic E-state index is 0.174. The van der Waals surface area contributed by atoms with Crippen LogP contribution in [0.5, 0.6) is 0 Å². The Labute approximate surface area is 164 Å². The monoisotopic (exact) mass is 389 g/mol. The average Bonchev–Trinajstić information content (AvgIpc) is 3.21. The first-order chi connectivity index (χ1) is 14.1. The van der Waals surface area contributed by atoms with Crippen molar-refractivity contribution in [2.45, 2.75) is 13.0 Å². The number of aromatic amines is 1. The second-order valence-electron chi connectivity index (χ2n) is 6.99. The lowest BCUT2D eigenvalue weighted by Gasteiger charge is -2.29. The number of H-pyrrole nitrogens is 1. The molecule has 1 aliphatic heterocycles. The minimum Gasteiger partial charge on any atom is -0.333 e. The second-order valence-corrected chi connectivity index (χ2v) is 6.99. The maximum Gasteiger partial charge on any atom is 0.272 e. The Hall–Kier alpha value is -3.81. The maximum atomic E-state index is 13.2. The highest BCUT2D eigenvalue weighted by atomic mass is 19.1. The van der Waals surface area contributed by atoms with E-state index in [0.717, 1.165) is 16.5 Å². The van der Waals surface area contributed by atoms with E-state index in [4.69, 9.17) is 0 Å². The fourth-order valence-electron chi connectivity index (χ4n) is 3.61. The highest BCUT2D eigenvalue weighted by Gasteiger charge is 2.24. The minimum atomic E-state index is -0.363. The van der Waals surface area contributed by atoms with E-state index < -0.39 is 0 Å². The van der Waals surface area contributed by atoms with Gasteiger partial charge >= 0.3 is 0 Å². The molecule has 3 aromatic heterocycles. The smallest absolute Gasteiger partial charge is 0.272 e. The van der Waals surface area contributed by atoms with Crippen molar-refractivity contribution >= 4 is 16.9 Å². The Balaban J connectivity index is 1.46. The first-order valence-corrected chi connectivity index (χ1v) is 9.18. The predicted octanol–water partition coefficient (Wildman–Crippen LogP) is 2.45. The standard InChI is InChI=1S/C21H16FN5O2/c22-16-2-4-17(5-3-16)27-12-15-11-26(8-7-13(15)9-19(27)28)21(29)18-6-1-14-10-23-25-20(14)24-18/h1-6,9-10,12H,7-8,11H2,(H,23,24,25). The molecule has 29 heavy (non-hydrogen) atoms. The van der Waals surface area contributed by atoms with Crippen LogP contribution in [-0.2, 0) is 13.0 Å². The van der Waals surface area contributed by atoms with Gasteiger partial charge in [0, 0.05) is 36.4 Å². The van der Waals surface area contributed by atoms with E-state index in [-0.39, 0.29) is 17.3 Å². The van der Waals surface area contributed by atoms with Crippen LogP contribution in [0.4, 0.5) is 4.39 Å². The lowest BCUT2D eigenvalue weighted by atomic mass is 10.0. The lowest BCUT2D eigenvalue weighted by Crippen LogP contribution is -2.37. The number of hydrogen-bond donors (Lipinski definition) is 1. The summed E-state index contributed by atoms with van der Waals surface area (Å²) < 4.78 is 14.7. The topological polar surface area (TPSA) is 83.9 Å². The lowest BCUT2D eigenvalue weighted by molar-refractivity contribution is 0.0728. The fourth-order valence-corrected chi connectivity index (χ4v) is 3.61. The van der Waals surface area contributed by atoms with Gasteiger partial charge in [0.05, 0.1) is 6.20 Å². The molecule has 5 rings (SSSR count). The van der Waals surface area contributed by atoms with Crippen LogP contribution in [0, 0.1) is 5.82 Å². The molecule has 7 nitrogen and oxygen atoms in total. The van der Waals surface area contributed by atoms with Gasteiger partial charge in [-0.15, -0.1) is 0 Å². The first kappa shape index (κ1) is 17.3. The fraction of sp³-hybridized carbons (Fsp3) is 0.143. The second kappa shape index (κ2) is 6.66. The number of benzene rings is 1. The molecule has 1 aliphatic rings. The third-order valence-corrected chi connectivity index (χ3v) is 5.16. The predicted molar refractivity (Wildman–Crippen MR) is 104 cm³/mol. The van der Waals surface area contributed by atoms with Crippen LogP contribution in [0.1, 0.15) is 21.6 Å². The summed E-state index contributed by atoms with van der Waals surface area (Å²) in [6.07, 6.45) is 3.98. The van der Waals surface area contributed by atoms with E-state index >= 15 is 0 Å². The van der Waals surface area contributed by atoms with E-state index in [0.29, 0.717) is 36.5 Å². The zero-order valence-electron chi connectivity index (χ0n) is 15.3. The number of halogens is 1. The third-order valence-electron chi connectivity index (χ3n) is 5.16. The van der Waals surface area contributed by atoms with E-state index in [2.05, 4.69) is 15.2 Å². The summed E-state index contributed by atoms with van der Waals surface area (Å²) in [6.45, 7) is 0.882. The molecule has 0 unspecified atom stereocenters. The van der Waals surface area contributed by atoms with Crippen LogP contribution in [0.15, 0.2) is 59.7 Å². The summed E-state index contributed by atoms with van der Waals surface area (Å²) in [6, 6.07) is 10.8. The summed E-state index contributed by atoms with van der Waals surface area (Å²) in [5.41, 5.74) is 3.12. The van der Waals surface area contributed by atoms with Crippen molar-refractivity contribution in [3.63, 3.8) is 0 Å². The molecule has 0 saturated carbocycles. The van der Waals surface area contributed by atoms with Crippen molar-refractivity contribution in [3.8, 4) is 5.69 Å². The molecule has 8 heteroatoms. The van der Waals surface area contributed by atoms with Gasteiger partial charge in [0.15, 0.2) is 5.65 Å². The van der Waals surface area contributed by atoms with E-state index in [1.807, 2.05) is 6.07 Å². The van der Waals surface area contributed by atoms with Crippen molar-refractivity contribution in [2.24, 2.45) is 0 Å². The molecule has 144 valence electrons. The number of carbonyl (C=O) groups is 1. The Kier molecular flexibility index (Phi) is 3.97. The molecule has 4 aromatic rings. The Morgan fingerprint density at radius 2 is 1.93 bits per heavy atom. The quantitative estimate of drug-likeness (QED) is 0.571. The van der Waals surface area contributed by atoms with Gasteiger partial charge in [-0.1, -0.05) is 0 Å². The van der Waals surface area contributed by atoms with Crippen LogP contribution >= 0.6 is 0 Å². The highest BCUT2D eigenvalue weighted by Crippen LogP contribution is 2.21. The van der Waals surface area contributed by atoms with E-state index in [1.165, 1.54) is 16.7 Å². The van der Waals surface area contributed by atoms with E-state index in [9.17, 15) is 14.0 Å². The van der Waals surface area contributed by atoms with Crippen LogP contribution in [0.3, 0.4) is 0 Å². The highest BCUT2D eigenvalue weighted by molar-refractivity contribution is 5.94. The molecule has 0 bridgehead atoms. The number of pyridine rings is 2. The number of amides is 1. The van der Waals surface area contributed by atoms with Crippen LogP contribution in [-0.4, -0.2) is 37.1 Å². The third kappa shape index (κ3) is 3.08. The summed E-state index contributed by atoms with van der Waals surface area (Å²) in [5.74, 6) is -0.537. The number of nitrogens with one attached hydrogen (secondary N) is 1. The SMILES string of the molecule is O=C(c1ccc2cn[nH]c2n1)N1CCc2cc(=O)n(-c3ccc(F)cc3)cc2C1. The molecule has 4 heterocycles. The molecule has 0 radical (unpaired) electrons. The van der Waals surface area contributed by atoms with Gasteiger partial charge in [0.25, 0.3) is 11.5 Å². The van der Waals surface area contributed by atoms with Gasteiger partial charge < -0.3 is 4.90 Å². The molecule has 0 saturated heterocycles. The van der Waals surface area contributed by atoms with Crippen molar-refractivity contribution in [2.75, 3.05) is 6.54 Å². The largest absolute Gasteiger partial charge is 0.333 e. The van der Waals surface area contributed by atoms with Gasteiger partial charge in [-0.05, 0) is 53.9 Å². The molecule has 1 amide bonds. The zero-order chi connectivity index (χ0) is 20.0. The molecular weight excluding hydrogens is 373 g/mol. The number of hydrogen-bond acceptors (Lipinski definition) is 4. The Morgan fingerprint density at radius 3 is 2.76 bits per heavy atom. The molecule has 0 fully saturated rings. The van der Waals surface area contributed by atoms with E-state index in [1.54, 1.807) is 41.6 Å². The Morgan fingerprint density at radius 1 is 1.10 bits per heavy atom. The number of rotatable bonds is 2. The van der Waals surface area contributed by atoms with Crippen LogP contribution in [0.25, 0.3) is 16.7 Å². The van der Waals surface area contributed by atoms with Crippen LogP contribution < -0.4 is 5.56 Å². The number of carbonyl (C=O) groups excluding carboxylic acids is 1. The van der Waals surface area contributed by atoms with Crippen molar-refractivity contribution in [1.29, 1.82) is 0 Å². The molecular formula is C21H16FN5O2. The summed E-state index contributed by atoms with van der Waals surface area (Å²) in [7, 11) is 0. The van der Waals surface area contributed by atoms with Gasteiger partial charge in [-0.25, -0.2) is 9.37 Å². The molecule has 0 atom stereocenters. The van der Waals surface area contributed by atoms with Gasteiger partial charge in [0.1, 0.15) is 11.5 Å². The Bertz CT molecular complexity index is 1290. The molecule has 1 aromatic carbocycles. The van der Waals surface area contributed by atoms with Crippen LogP contribution in [0.2, 0.25) is 0 Å². The normalized spacial score (nSPS) is 13.5. The maximum absolute atomic E-state index is 13.2. The molecule has 1 N–H and O–H groups in total. The van der Waals surface area contributed by atoms with Crippen molar-refractivity contribution < 1.29 is 9.18 Å². The van der Waals surface area contributed by atoms with Crippen molar-refractivity contribution in [3.05, 3.63) is 87.9 Å². The average molecular weight is 389 g/mol.